The number of hydrogen-bond donors (Lipinski definition) is 0. The van der Waals surface area contributed by atoms with E-state index in [1.165, 1.54) is 4.88 Å². The number of hydrogen-bond acceptors (Lipinski definition) is 3. The molecule has 0 radical (unpaired) electrons. The van der Waals surface area contributed by atoms with E-state index in [4.69, 9.17) is 4.58 Å². The third-order valence-electron chi connectivity index (χ3n) is 1.32. The van der Waals surface area contributed by atoms with Crippen LogP contribution in [0.25, 0.3) is 11.2 Å². The highest BCUT2D eigenvalue weighted by Gasteiger charge is 2.10. The average Bonchev–Trinajstić information content (AvgIpc) is 2.07. The topological polar surface area (TPSA) is 26.3 Å². The molecule has 0 aliphatic carbocycles. The SMILES string of the molecule is CCc1scc2ooc12. The summed E-state index contributed by atoms with van der Waals surface area (Å²) in [7, 11) is 0. The summed E-state index contributed by atoms with van der Waals surface area (Å²) in [5, 5.41) is 1.97. The highest BCUT2D eigenvalue weighted by molar-refractivity contribution is 7.11. The Bertz CT molecular complexity index is 301. The number of aryl methyl sites for hydroxylation is 1. The lowest BCUT2D eigenvalue weighted by atomic mass is 10.3. The molecule has 2 aromatic heterocycles. The van der Waals surface area contributed by atoms with E-state index in [-0.39, 0.29) is 0 Å². The summed E-state index contributed by atoms with van der Waals surface area (Å²) in [6.45, 7) is 2.10. The first-order valence-corrected chi connectivity index (χ1v) is 3.74. The van der Waals surface area contributed by atoms with Crippen LogP contribution in [0.5, 0.6) is 0 Å². The van der Waals surface area contributed by atoms with Crippen molar-refractivity contribution in [3.8, 4) is 0 Å². The van der Waals surface area contributed by atoms with E-state index in [0.717, 1.165) is 17.6 Å². The fourth-order valence-electron chi connectivity index (χ4n) is 0.811. The van der Waals surface area contributed by atoms with Gasteiger partial charge in [0, 0.05) is 5.38 Å². The zero-order valence-corrected chi connectivity index (χ0v) is 5.83. The minimum absolute atomic E-state index is 0.900. The van der Waals surface area contributed by atoms with Crippen LogP contribution in [0.2, 0.25) is 0 Å². The van der Waals surface area contributed by atoms with Crippen molar-refractivity contribution in [3.05, 3.63) is 10.3 Å². The zero-order valence-electron chi connectivity index (χ0n) is 5.01. The summed E-state index contributed by atoms with van der Waals surface area (Å²) in [5.74, 6) is 0. The second-order valence-electron chi connectivity index (χ2n) is 1.87. The molecule has 2 rings (SSSR count). The van der Waals surface area contributed by atoms with Crippen LogP contribution in [0, 0.1) is 0 Å². The molecule has 0 aliphatic heterocycles. The van der Waals surface area contributed by atoms with Gasteiger partial charge in [0.25, 0.3) is 0 Å². The van der Waals surface area contributed by atoms with Gasteiger partial charge in [-0.1, -0.05) is 6.92 Å². The largest absolute Gasteiger partial charge is 0.285 e. The van der Waals surface area contributed by atoms with E-state index in [9.17, 15) is 0 Å². The Labute approximate surface area is 56.0 Å². The van der Waals surface area contributed by atoms with Crippen LogP contribution in [0.3, 0.4) is 0 Å². The molecule has 0 fully saturated rings. The highest BCUT2D eigenvalue weighted by atomic mass is 32.1. The molecule has 0 saturated carbocycles. The maximum absolute atomic E-state index is 4.75. The summed E-state index contributed by atoms with van der Waals surface area (Å²) in [5.41, 5.74) is 1.85. The molecule has 2 heterocycles. The van der Waals surface area contributed by atoms with Gasteiger partial charge in [0.15, 0.2) is 0 Å². The molecular formula is C6H6O2S. The molecule has 0 saturated heterocycles. The molecule has 2 aromatic rings. The van der Waals surface area contributed by atoms with E-state index in [0.29, 0.717) is 0 Å². The third kappa shape index (κ3) is 0.551. The summed E-state index contributed by atoms with van der Waals surface area (Å²) in [6.07, 6.45) is 1.03. The Morgan fingerprint density at radius 1 is 1.56 bits per heavy atom. The quantitative estimate of drug-likeness (QED) is 0.572. The molecule has 0 aliphatic rings. The van der Waals surface area contributed by atoms with Crippen molar-refractivity contribution in [1.29, 1.82) is 0 Å². The zero-order chi connectivity index (χ0) is 6.27. The second-order valence-corrected chi connectivity index (χ2v) is 2.84. The second kappa shape index (κ2) is 1.64. The van der Waals surface area contributed by atoms with Crippen molar-refractivity contribution in [2.75, 3.05) is 0 Å². The number of fused-ring (bicyclic) bond motifs is 1. The summed E-state index contributed by atoms with van der Waals surface area (Å²) < 4.78 is 9.42. The van der Waals surface area contributed by atoms with Crippen LogP contribution in [0.1, 0.15) is 11.8 Å². The van der Waals surface area contributed by atoms with Crippen LogP contribution in [0.4, 0.5) is 0 Å². The molecule has 0 aromatic carbocycles. The molecule has 0 amide bonds. The van der Waals surface area contributed by atoms with Crippen molar-refractivity contribution >= 4 is 22.5 Å². The van der Waals surface area contributed by atoms with Gasteiger partial charge in [0.05, 0.1) is 4.88 Å². The highest BCUT2D eigenvalue weighted by Crippen LogP contribution is 2.28. The van der Waals surface area contributed by atoms with Crippen LogP contribution in [-0.2, 0) is 6.42 Å². The van der Waals surface area contributed by atoms with Crippen LogP contribution in [0.15, 0.2) is 14.5 Å². The van der Waals surface area contributed by atoms with Gasteiger partial charge in [-0.2, -0.15) is 0 Å². The van der Waals surface area contributed by atoms with Gasteiger partial charge in [-0.3, -0.25) is 9.15 Å². The Hall–Kier alpha value is -0.700. The van der Waals surface area contributed by atoms with Gasteiger partial charge < -0.3 is 0 Å². The molecule has 0 atom stereocenters. The normalized spacial score (nSPS) is 11.2. The molecule has 0 bridgehead atoms. The van der Waals surface area contributed by atoms with Crippen molar-refractivity contribution in [2.45, 2.75) is 13.3 Å². The van der Waals surface area contributed by atoms with Gasteiger partial charge in [0.2, 0.25) is 11.2 Å². The van der Waals surface area contributed by atoms with Crippen LogP contribution in [-0.4, -0.2) is 0 Å². The lowest BCUT2D eigenvalue weighted by molar-refractivity contribution is 0.0593. The molecule has 0 N–H and O–H groups in total. The first kappa shape index (κ1) is 5.11. The van der Waals surface area contributed by atoms with Gasteiger partial charge in [-0.15, -0.1) is 11.3 Å². The molecule has 0 spiro atoms. The smallest absolute Gasteiger partial charge is 0.239 e. The Kier molecular flexibility index (Phi) is 0.931. The van der Waals surface area contributed by atoms with E-state index in [1.807, 2.05) is 5.38 Å². The Balaban J connectivity index is 2.67. The molecule has 0 unspecified atom stereocenters. The maximum Gasteiger partial charge on any atom is 0.239 e. The maximum atomic E-state index is 4.75. The summed E-state index contributed by atoms with van der Waals surface area (Å²) >= 11 is 1.69. The van der Waals surface area contributed by atoms with E-state index in [1.54, 1.807) is 11.3 Å². The molecule has 3 heteroatoms. The molecule has 2 nitrogen and oxygen atoms in total. The number of thiophene rings is 1. The molecule has 9 heavy (non-hydrogen) atoms. The van der Waals surface area contributed by atoms with Gasteiger partial charge in [0.1, 0.15) is 0 Å². The summed E-state index contributed by atoms with van der Waals surface area (Å²) in [6, 6.07) is 0. The monoisotopic (exact) mass is 142 g/mol. The van der Waals surface area contributed by atoms with Crippen LogP contribution < -0.4 is 0 Å². The fourth-order valence-corrected chi connectivity index (χ4v) is 1.61. The van der Waals surface area contributed by atoms with E-state index >= 15 is 0 Å². The lowest BCUT2D eigenvalue weighted by Crippen LogP contribution is -1.73. The first-order chi connectivity index (χ1) is 4.42. The lowest BCUT2D eigenvalue weighted by Gasteiger charge is -1.90. The van der Waals surface area contributed by atoms with Crippen molar-refractivity contribution in [3.63, 3.8) is 0 Å². The fraction of sp³-hybridized carbons (Fsp3) is 0.333. The van der Waals surface area contributed by atoms with Crippen molar-refractivity contribution in [2.24, 2.45) is 0 Å². The van der Waals surface area contributed by atoms with Gasteiger partial charge in [-0.25, -0.2) is 0 Å². The first-order valence-electron chi connectivity index (χ1n) is 2.86. The van der Waals surface area contributed by atoms with Crippen molar-refractivity contribution in [1.82, 2.24) is 0 Å². The van der Waals surface area contributed by atoms with Crippen molar-refractivity contribution < 1.29 is 9.15 Å². The standard InChI is InChI=1S/C6H6O2S/c1-2-5-6-4(3-9-5)7-8-6/h3H,2H2,1H3. The Morgan fingerprint density at radius 2 is 2.44 bits per heavy atom. The number of rotatable bonds is 1. The third-order valence-corrected chi connectivity index (χ3v) is 2.41. The molecule has 48 valence electrons. The predicted octanol–water partition coefficient (Wildman–Crippen LogP) is 2.65. The molecular weight excluding hydrogens is 136 g/mol. The predicted molar refractivity (Wildman–Crippen MR) is 35.7 cm³/mol. The minimum atomic E-state index is 0.900. The minimum Gasteiger partial charge on any atom is -0.285 e. The summed E-state index contributed by atoms with van der Waals surface area (Å²) in [4.78, 5) is 1.27. The van der Waals surface area contributed by atoms with Gasteiger partial charge >= 0.3 is 0 Å². The Morgan fingerprint density at radius 3 is 2.78 bits per heavy atom. The van der Waals surface area contributed by atoms with E-state index in [2.05, 4.69) is 11.5 Å². The van der Waals surface area contributed by atoms with Gasteiger partial charge in [-0.05, 0) is 6.42 Å². The average molecular weight is 142 g/mol. The van der Waals surface area contributed by atoms with Crippen LogP contribution >= 0.6 is 11.3 Å². The van der Waals surface area contributed by atoms with E-state index < -0.39 is 0 Å².